The molecule has 0 spiro atoms. The van der Waals surface area contributed by atoms with E-state index >= 15 is 0 Å². The van der Waals surface area contributed by atoms with Gasteiger partial charge in [-0.05, 0) is 43.3 Å². The van der Waals surface area contributed by atoms with Crippen LogP contribution in [-0.2, 0) is 19.6 Å². The van der Waals surface area contributed by atoms with E-state index in [0.29, 0.717) is 44.2 Å². The van der Waals surface area contributed by atoms with Crippen LogP contribution in [0.4, 0.5) is 5.69 Å². The van der Waals surface area contributed by atoms with Gasteiger partial charge in [-0.2, -0.15) is 4.31 Å². The van der Waals surface area contributed by atoms with Gasteiger partial charge in [0.25, 0.3) is 0 Å². The zero-order valence-corrected chi connectivity index (χ0v) is 17.4. The molecule has 0 bridgehead atoms. The molecule has 8 heteroatoms. The molecule has 3 rings (SSSR count). The second-order valence-corrected chi connectivity index (χ2v) is 9.61. The van der Waals surface area contributed by atoms with Gasteiger partial charge in [0.05, 0.1) is 18.1 Å². The summed E-state index contributed by atoms with van der Waals surface area (Å²) in [7, 11) is -3.52. The molecule has 1 heterocycles. The Morgan fingerprint density at radius 2 is 1.71 bits per heavy atom. The minimum Gasteiger partial charge on any atom is -0.379 e. The van der Waals surface area contributed by atoms with E-state index in [2.05, 4.69) is 17.4 Å². The number of ether oxygens (including phenoxy) is 1. The molecule has 1 aliphatic heterocycles. The van der Waals surface area contributed by atoms with E-state index in [4.69, 9.17) is 4.74 Å². The highest BCUT2D eigenvalue weighted by Crippen LogP contribution is 2.21. The largest absolute Gasteiger partial charge is 0.379 e. The zero-order chi connectivity index (χ0) is 20.0. The number of anilines is 1. The Morgan fingerprint density at radius 3 is 2.36 bits per heavy atom. The molecule has 1 N–H and O–H groups in total. The predicted molar refractivity (Wildman–Crippen MR) is 111 cm³/mol. The number of carbonyl (C=O) groups is 1. The molecule has 0 aliphatic carbocycles. The highest BCUT2D eigenvalue weighted by molar-refractivity contribution is 7.99. The van der Waals surface area contributed by atoms with Crippen molar-refractivity contribution in [1.29, 1.82) is 0 Å². The number of amides is 1. The minimum absolute atomic E-state index is 0.0941. The molecule has 6 nitrogen and oxygen atoms in total. The molecule has 1 amide bonds. The Bertz CT molecular complexity index is 891. The SMILES string of the molecule is Cc1ccc(SCCC(=O)Nc2ccc(S(=O)(=O)N3CCOCC3)cc2)cc1. The Hall–Kier alpha value is -1.87. The first-order chi connectivity index (χ1) is 13.4. The lowest BCUT2D eigenvalue weighted by molar-refractivity contribution is -0.115. The smallest absolute Gasteiger partial charge is 0.243 e. The van der Waals surface area contributed by atoms with E-state index in [-0.39, 0.29) is 10.8 Å². The topological polar surface area (TPSA) is 75.7 Å². The molecule has 1 fully saturated rings. The molecule has 0 atom stereocenters. The third-order valence-corrected chi connectivity index (χ3v) is 7.29. The van der Waals surface area contributed by atoms with Crippen LogP contribution in [0.15, 0.2) is 58.3 Å². The molecule has 1 aliphatic rings. The first kappa shape index (κ1) is 20.9. The third kappa shape index (κ3) is 5.57. The average molecular weight is 421 g/mol. The number of hydrogen-bond acceptors (Lipinski definition) is 5. The Balaban J connectivity index is 1.50. The van der Waals surface area contributed by atoms with Gasteiger partial charge in [-0.15, -0.1) is 11.8 Å². The maximum Gasteiger partial charge on any atom is 0.243 e. The molecule has 0 radical (unpaired) electrons. The fourth-order valence-electron chi connectivity index (χ4n) is 2.77. The van der Waals surface area contributed by atoms with Crippen molar-refractivity contribution in [3.05, 3.63) is 54.1 Å². The number of morpholine rings is 1. The van der Waals surface area contributed by atoms with E-state index in [1.165, 1.54) is 22.0 Å². The van der Waals surface area contributed by atoms with Crippen LogP contribution in [0.2, 0.25) is 0 Å². The van der Waals surface area contributed by atoms with Crippen LogP contribution >= 0.6 is 11.8 Å². The van der Waals surface area contributed by atoms with Crippen LogP contribution in [0.3, 0.4) is 0 Å². The van der Waals surface area contributed by atoms with Gasteiger partial charge in [0, 0.05) is 35.8 Å². The lowest BCUT2D eigenvalue weighted by atomic mass is 10.2. The van der Waals surface area contributed by atoms with Crippen molar-refractivity contribution in [1.82, 2.24) is 4.31 Å². The van der Waals surface area contributed by atoms with Crippen molar-refractivity contribution in [2.24, 2.45) is 0 Å². The van der Waals surface area contributed by atoms with E-state index in [0.717, 1.165) is 4.90 Å². The summed E-state index contributed by atoms with van der Waals surface area (Å²) in [6.07, 6.45) is 0.381. The highest BCUT2D eigenvalue weighted by atomic mass is 32.2. The molecule has 0 saturated carbocycles. The van der Waals surface area contributed by atoms with Crippen LogP contribution in [0.5, 0.6) is 0 Å². The number of nitrogens with zero attached hydrogens (tertiary/aromatic N) is 1. The third-order valence-electron chi connectivity index (χ3n) is 4.36. The maximum absolute atomic E-state index is 12.6. The van der Waals surface area contributed by atoms with Crippen molar-refractivity contribution in [2.75, 3.05) is 37.4 Å². The molecule has 28 heavy (non-hydrogen) atoms. The quantitative estimate of drug-likeness (QED) is 0.697. The number of aryl methyl sites for hydroxylation is 1. The van der Waals surface area contributed by atoms with Gasteiger partial charge in [-0.3, -0.25) is 4.79 Å². The van der Waals surface area contributed by atoms with Crippen molar-refractivity contribution >= 4 is 33.4 Å². The molecular weight excluding hydrogens is 396 g/mol. The zero-order valence-electron chi connectivity index (χ0n) is 15.8. The number of sulfonamides is 1. The summed E-state index contributed by atoms with van der Waals surface area (Å²) < 4.78 is 31.8. The van der Waals surface area contributed by atoms with Gasteiger partial charge in [-0.25, -0.2) is 8.42 Å². The van der Waals surface area contributed by atoms with Crippen molar-refractivity contribution in [3.63, 3.8) is 0 Å². The fourth-order valence-corrected chi connectivity index (χ4v) is 5.03. The van der Waals surface area contributed by atoms with E-state index in [1.807, 2.05) is 19.1 Å². The normalized spacial score (nSPS) is 15.3. The number of benzene rings is 2. The number of hydrogen-bond donors (Lipinski definition) is 1. The van der Waals surface area contributed by atoms with E-state index < -0.39 is 10.0 Å². The molecule has 150 valence electrons. The molecule has 0 aromatic heterocycles. The van der Waals surface area contributed by atoms with Gasteiger partial charge in [0.15, 0.2) is 0 Å². The Kier molecular flexibility index (Phi) is 7.12. The number of nitrogens with one attached hydrogen (secondary N) is 1. The number of rotatable bonds is 7. The second-order valence-electron chi connectivity index (χ2n) is 6.50. The molecule has 1 saturated heterocycles. The number of carbonyl (C=O) groups excluding carboxylic acids is 1. The summed E-state index contributed by atoms with van der Waals surface area (Å²) in [5.74, 6) is 0.585. The van der Waals surface area contributed by atoms with Crippen molar-refractivity contribution < 1.29 is 17.9 Å². The standard InChI is InChI=1S/C20H24N2O4S2/c1-16-2-6-18(7-3-16)27-15-10-20(23)21-17-4-8-19(9-5-17)28(24,25)22-11-13-26-14-12-22/h2-9H,10-15H2,1H3,(H,21,23). The summed E-state index contributed by atoms with van der Waals surface area (Å²) in [6.45, 7) is 3.58. The summed E-state index contributed by atoms with van der Waals surface area (Å²) in [5.41, 5.74) is 1.80. The van der Waals surface area contributed by atoms with Crippen LogP contribution in [0.1, 0.15) is 12.0 Å². The van der Waals surface area contributed by atoms with Gasteiger partial charge in [-0.1, -0.05) is 17.7 Å². The number of thioether (sulfide) groups is 1. The molecule has 2 aromatic carbocycles. The summed E-state index contributed by atoms with van der Waals surface area (Å²) in [5, 5.41) is 2.81. The maximum atomic E-state index is 12.6. The summed E-state index contributed by atoms with van der Waals surface area (Å²) >= 11 is 1.63. The van der Waals surface area contributed by atoms with Gasteiger partial charge >= 0.3 is 0 Å². The Morgan fingerprint density at radius 1 is 1.07 bits per heavy atom. The highest BCUT2D eigenvalue weighted by Gasteiger charge is 2.26. The van der Waals surface area contributed by atoms with Gasteiger partial charge in [0.1, 0.15) is 0 Å². The first-order valence-electron chi connectivity index (χ1n) is 9.12. The predicted octanol–water partition coefficient (Wildman–Crippen LogP) is 3.14. The van der Waals surface area contributed by atoms with Gasteiger partial charge in [0.2, 0.25) is 15.9 Å². The van der Waals surface area contributed by atoms with E-state index in [1.54, 1.807) is 23.9 Å². The second kappa shape index (κ2) is 9.56. The Labute approximate surface area is 170 Å². The van der Waals surface area contributed by atoms with Crippen LogP contribution in [-0.4, -0.2) is 50.7 Å². The van der Waals surface area contributed by atoms with E-state index in [9.17, 15) is 13.2 Å². The average Bonchev–Trinajstić information content (AvgIpc) is 2.70. The van der Waals surface area contributed by atoms with Gasteiger partial charge < -0.3 is 10.1 Å². The van der Waals surface area contributed by atoms with Crippen LogP contribution in [0.25, 0.3) is 0 Å². The van der Waals surface area contributed by atoms with Crippen LogP contribution < -0.4 is 5.32 Å². The monoisotopic (exact) mass is 420 g/mol. The minimum atomic E-state index is -3.52. The summed E-state index contributed by atoms with van der Waals surface area (Å²) in [4.78, 5) is 13.5. The lowest BCUT2D eigenvalue weighted by Crippen LogP contribution is -2.40. The lowest BCUT2D eigenvalue weighted by Gasteiger charge is -2.26. The van der Waals surface area contributed by atoms with Crippen molar-refractivity contribution in [2.45, 2.75) is 23.1 Å². The fraction of sp³-hybridized carbons (Fsp3) is 0.350. The molecular formula is C20H24N2O4S2. The summed E-state index contributed by atoms with van der Waals surface area (Å²) in [6, 6.07) is 14.5. The molecule has 0 unspecified atom stereocenters. The van der Waals surface area contributed by atoms with Crippen LogP contribution in [0, 0.1) is 6.92 Å². The first-order valence-corrected chi connectivity index (χ1v) is 11.5. The van der Waals surface area contributed by atoms with Crippen molar-refractivity contribution in [3.8, 4) is 0 Å². The molecule has 2 aromatic rings.